The van der Waals surface area contributed by atoms with Crippen molar-refractivity contribution in [1.29, 1.82) is 0 Å². The predicted molar refractivity (Wildman–Crippen MR) is 69.7 cm³/mol. The zero-order valence-electron chi connectivity index (χ0n) is 11.2. The molecule has 17 heavy (non-hydrogen) atoms. The third-order valence-corrected chi connectivity index (χ3v) is 4.54. The van der Waals surface area contributed by atoms with E-state index in [0.717, 1.165) is 19.0 Å². The highest BCUT2D eigenvalue weighted by molar-refractivity contribution is 5.79. The summed E-state index contributed by atoms with van der Waals surface area (Å²) >= 11 is 0. The second kappa shape index (κ2) is 5.85. The molecule has 0 spiro atoms. The minimum Gasteiger partial charge on any atom is -0.353 e. The van der Waals surface area contributed by atoms with Crippen LogP contribution in [0.1, 0.15) is 46.0 Å². The summed E-state index contributed by atoms with van der Waals surface area (Å²) in [6.45, 7) is 6.42. The van der Waals surface area contributed by atoms with Crippen molar-refractivity contribution in [2.24, 2.45) is 17.8 Å². The quantitative estimate of drug-likeness (QED) is 0.738. The highest BCUT2D eigenvalue weighted by Crippen LogP contribution is 2.23. The molecule has 1 saturated heterocycles. The molecule has 2 fully saturated rings. The summed E-state index contributed by atoms with van der Waals surface area (Å²) < 4.78 is 0. The molecule has 0 aromatic carbocycles. The minimum atomic E-state index is 0.178. The summed E-state index contributed by atoms with van der Waals surface area (Å²) in [6.07, 6.45) is 6.21. The van der Waals surface area contributed by atoms with Gasteiger partial charge >= 0.3 is 0 Å². The van der Waals surface area contributed by atoms with Gasteiger partial charge in [0.1, 0.15) is 0 Å². The van der Waals surface area contributed by atoms with Gasteiger partial charge in [-0.05, 0) is 44.2 Å². The Balaban J connectivity index is 1.76. The van der Waals surface area contributed by atoms with E-state index in [1.165, 1.54) is 32.1 Å². The molecule has 1 aliphatic heterocycles. The van der Waals surface area contributed by atoms with Gasteiger partial charge in [0, 0.05) is 12.0 Å². The first kappa shape index (κ1) is 12.9. The second-order valence-corrected chi connectivity index (χ2v) is 6.03. The molecular weight excluding hydrogens is 212 g/mol. The molecule has 98 valence electrons. The van der Waals surface area contributed by atoms with Gasteiger partial charge in [-0.15, -0.1) is 0 Å². The monoisotopic (exact) mass is 238 g/mol. The maximum Gasteiger partial charge on any atom is 0.223 e. The molecule has 1 amide bonds. The minimum absolute atomic E-state index is 0.178. The molecule has 1 heterocycles. The lowest BCUT2D eigenvalue weighted by molar-refractivity contribution is -0.127. The zero-order valence-corrected chi connectivity index (χ0v) is 11.2. The van der Waals surface area contributed by atoms with Crippen molar-refractivity contribution in [3.63, 3.8) is 0 Å². The average Bonchev–Trinajstić information content (AvgIpc) is 2.41. The first-order valence-corrected chi connectivity index (χ1v) is 7.18. The van der Waals surface area contributed by atoms with E-state index in [4.69, 9.17) is 0 Å². The van der Waals surface area contributed by atoms with Gasteiger partial charge < -0.3 is 10.6 Å². The molecule has 2 aliphatic rings. The molecule has 0 aromatic heterocycles. The molecular formula is C14H26N2O. The highest BCUT2D eigenvalue weighted by atomic mass is 16.1. The van der Waals surface area contributed by atoms with Gasteiger partial charge in [-0.3, -0.25) is 4.79 Å². The maximum atomic E-state index is 12.1. The summed E-state index contributed by atoms with van der Waals surface area (Å²) in [5.41, 5.74) is 0. The molecule has 1 saturated carbocycles. The lowest BCUT2D eigenvalue weighted by Gasteiger charge is -2.32. The number of amides is 1. The molecule has 3 atom stereocenters. The van der Waals surface area contributed by atoms with Crippen LogP contribution in [-0.2, 0) is 4.79 Å². The van der Waals surface area contributed by atoms with Crippen LogP contribution in [0.5, 0.6) is 0 Å². The number of carbonyl (C=O) groups excluding carboxylic acids is 1. The zero-order chi connectivity index (χ0) is 12.3. The van der Waals surface area contributed by atoms with Crippen LogP contribution in [0.25, 0.3) is 0 Å². The smallest absolute Gasteiger partial charge is 0.223 e. The fourth-order valence-corrected chi connectivity index (χ4v) is 2.84. The molecule has 3 heteroatoms. The number of hydrogen-bond donors (Lipinski definition) is 2. The van der Waals surface area contributed by atoms with Crippen LogP contribution in [0.2, 0.25) is 0 Å². The fraction of sp³-hybridized carbons (Fsp3) is 0.929. The molecule has 0 radical (unpaired) electrons. The maximum absolute atomic E-state index is 12.1. The summed E-state index contributed by atoms with van der Waals surface area (Å²) in [5.74, 6) is 1.85. The molecule has 3 nitrogen and oxygen atoms in total. The number of hydrogen-bond acceptors (Lipinski definition) is 2. The van der Waals surface area contributed by atoms with Gasteiger partial charge in [0.05, 0.1) is 0 Å². The lowest BCUT2D eigenvalue weighted by Crippen LogP contribution is -2.50. The Morgan fingerprint density at radius 3 is 2.65 bits per heavy atom. The highest BCUT2D eigenvalue weighted by Gasteiger charge is 2.30. The SMILES string of the molecule is CC1CCCC(NC(=O)C(C)C2CNC2)CC1. The van der Waals surface area contributed by atoms with Crippen molar-refractivity contribution in [1.82, 2.24) is 10.6 Å². The van der Waals surface area contributed by atoms with Gasteiger partial charge in [-0.25, -0.2) is 0 Å². The Morgan fingerprint density at radius 1 is 1.24 bits per heavy atom. The predicted octanol–water partition coefficient (Wildman–Crippen LogP) is 1.93. The molecule has 0 aromatic rings. The number of carbonyl (C=O) groups is 1. The second-order valence-electron chi connectivity index (χ2n) is 6.03. The number of nitrogens with one attached hydrogen (secondary N) is 2. The van der Waals surface area contributed by atoms with E-state index in [1.54, 1.807) is 0 Å². The van der Waals surface area contributed by atoms with Crippen LogP contribution >= 0.6 is 0 Å². The first-order chi connectivity index (χ1) is 8.16. The normalized spacial score (nSPS) is 32.4. The van der Waals surface area contributed by atoms with Crippen LogP contribution in [0.3, 0.4) is 0 Å². The number of rotatable bonds is 3. The largest absolute Gasteiger partial charge is 0.353 e. The van der Waals surface area contributed by atoms with Crippen LogP contribution in [0.4, 0.5) is 0 Å². The summed E-state index contributed by atoms with van der Waals surface area (Å²) in [5, 5.41) is 6.50. The van der Waals surface area contributed by atoms with E-state index >= 15 is 0 Å². The van der Waals surface area contributed by atoms with E-state index in [-0.39, 0.29) is 11.8 Å². The molecule has 2 N–H and O–H groups in total. The van der Waals surface area contributed by atoms with E-state index in [2.05, 4.69) is 24.5 Å². The van der Waals surface area contributed by atoms with Crippen molar-refractivity contribution in [2.45, 2.75) is 52.0 Å². The summed E-state index contributed by atoms with van der Waals surface area (Å²) in [6, 6.07) is 0.433. The molecule has 1 aliphatic carbocycles. The first-order valence-electron chi connectivity index (χ1n) is 7.18. The Morgan fingerprint density at radius 2 is 2.00 bits per heavy atom. The Kier molecular flexibility index (Phi) is 4.43. The fourth-order valence-electron chi connectivity index (χ4n) is 2.84. The molecule has 2 rings (SSSR count). The van der Waals surface area contributed by atoms with Gasteiger partial charge in [0.25, 0.3) is 0 Å². The van der Waals surface area contributed by atoms with Gasteiger partial charge in [-0.2, -0.15) is 0 Å². The Hall–Kier alpha value is -0.570. The summed E-state index contributed by atoms with van der Waals surface area (Å²) in [7, 11) is 0. The van der Waals surface area contributed by atoms with Gasteiger partial charge in [-0.1, -0.05) is 26.7 Å². The lowest BCUT2D eigenvalue weighted by atomic mass is 9.88. The van der Waals surface area contributed by atoms with Crippen molar-refractivity contribution in [3.8, 4) is 0 Å². The van der Waals surface area contributed by atoms with E-state index in [0.29, 0.717) is 12.0 Å². The molecule has 3 unspecified atom stereocenters. The average molecular weight is 238 g/mol. The van der Waals surface area contributed by atoms with Gasteiger partial charge in [0.15, 0.2) is 0 Å². The third kappa shape index (κ3) is 3.44. The Bertz CT molecular complexity index is 263. The van der Waals surface area contributed by atoms with E-state index < -0.39 is 0 Å². The van der Waals surface area contributed by atoms with Crippen LogP contribution < -0.4 is 10.6 Å². The van der Waals surface area contributed by atoms with Crippen LogP contribution in [0.15, 0.2) is 0 Å². The van der Waals surface area contributed by atoms with Crippen molar-refractivity contribution < 1.29 is 4.79 Å². The van der Waals surface area contributed by atoms with Crippen molar-refractivity contribution in [3.05, 3.63) is 0 Å². The summed E-state index contributed by atoms with van der Waals surface area (Å²) in [4.78, 5) is 12.1. The van der Waals surface area contributed by atoms with Crippen molar-refractivity contribution >= 4 is 5.91 Å². The van der Waals surface area contributed by atoms with E-state index in [1.807, 2.05) is 0 Å². The van der Waals surface area contributed by atoms with Crippen LogP contribution in [-0.4, -0.2) is 25.0 Å². The van der Waals surface area contributed by atoms with Crippen molar-refractivity contribution in [2.75, 3.05) is 13.1 Å². The topological polar surface area (TPSA) is 41.1 Å². The standard InChI is InChI=1S/C14H26N2O/c1-10-4-3-5-13(7-6-10)16-14(17)11(2)12-8-15-9-12/h10-13,15H,3-9H2,1-2H3,(H,16,17). The van der Waals surface area contributed by atoms with E-state index in [9.17, 15) is 4.79 Å². The Labute approximate surface area is 105 Å². The molecule has 0 bridgehead atoms. The third-order valence-electron chi connectivity index (χ3n) is 4.54. The van der Waals surface area contributed by atoms with Crippen LogP contribution in [0, 0.1) is 17.8 Å². The van der Waals surface area contributed by atoms with Gasteiger partial charge in [0.2, 0.25) is 5.91 Å².